The van der Waals surface area contributed by atoms with Gasteiger partial charge in [0.2, 0.25) is 0 Å². The van der Waals surface area contributed by atoms with E-state index in [9.17, 15) is 4.79 Å². The van der Waals surface area contributed by atoms with Gasteiger partial charge in [-0.3, -0.25) is 0 Å². The number of nitrogens with two attached hydrogens (primary N) is 1. The van der Waals surface area contributed by atoms with E-state index in [1.54, 1.807) is 11.9 Å². The summed E-state index contributed by atoms with van der Waals surface area (Å²) in [5.41, 5.74) is 5.29. The Morgan fingerprint density at radius 3 is 2.92 bits per heavy atom. The molecule has 0 spiro atoms. The number of aromatic nitrogens is 2. The van der Waals surface area contributed by atoms with Crippen molar-refractivity contribution in [1.29, 1.82) is 0 Å². The highest BCUT2D eigenvalue weighted by molar-refractivity contribution is 5.82. The summed E-state index contributed by atoms with van der Waals surface area (Å²) < 4.78 is 4.45. The number of rotatable bonds is 4. The van der Waals surface area contributed by atoms with Crippen molar-refractivity contribution in [3.8, 4) is 0 Å². The first-order valence-corrected chi connectivity index (χ1v) is 3.63. The summed E-state index contributed by atoms with van der Waals surface area (Å²) in [5, 5.41) is 11.9. The molecule has 72 valence electrons. The highest BCUT2D eigenvalue weighted by atomic mass is 16.5. The van der Waals surface area contributed by atoms with Gasteiger partial charge in [0.05, 0.1) is 0 Å². The van der Waals surface area contributed by atoms with Gasteiger partial charge in [0.1, 0.15) is 0 Å². The van der Waals surface area contributed by atoms with Gasteiger partial charge in [-0.2, -0.15) is 4.98 Å². The fourth-order valence-electron chi connectivity index (χ4n) is 0.751. The zero-order chi connectivity index (χ0) is 9.84. The molecule has 0 bridgehead atoms. The average Bonchev–Trinajstić information content (AvgIpc) is 2.52. The first-order chi connectivity index (χ1) is 6.15. The number of aromatic carboxylic acids is 1. The van der Waals surface area contributed by atoms with Crippen LogP contribution in [-0.2, 0) is 0 Å². The lowest BCUT2D eigenvalue weighted by molar-refractivity contribution is 0.0643. The number of carboxylic acids is 1. The lowest BCUT2D eigenvalue weighted by Gasteiger charge is -2.10. The van der Waals surface area contributed by atoms with E-state index in [1.807, 2.05) is 0 Å². The molecule has 1 rings (SSSR count). The third kappa shape index (κ3) is 2.15. The summed E-state index contributed by atoms with van der Waals surface area (Å²) in [7, 11) is 1.70. The second-order valence-electron chi connectivity index (χ2n) is 2.41. The normalized spacial score (nSPS) is 10.0. The van der Waals surface area contributed by atoms with Crippen LogP contribution in [0.15, 0.2) is 4.52 Å². The van der Waals surface area contributed by atoms with Gasteiger partial charge in [0.25, 0.3) is 5.95 Å². The minimum Gasteiger partial charge on any atom is -0.474 e. The predicted octanol–water partition coefficient (Wildman–Crippen LogP) is -0.837. The van der Waals surface area contributed by atoms with Crippen LogP contribution in [0.2, 0.25) is 0 Å². The maximum absolute atomic E-state index is 10.4. The molecule has 0 aliphatic carbocycles. The zero-order valence-electron chi connectivity index (χ0n) is 7.10. The molecular formula is C6H10N4O3. The van der Waals surface area contributed by atoms with Crippen LogP contribution in [0.4, 0.5) is 5.95 Å². The van der Waals surface area contributed by atoms with Gasteiger partial charge in [-0.1, -0.05) is 0 Å². The Hall–Kier alpha value is -1.63. The number of anilines is 1. The molecule has 0 unspecified atom stereocenters. The minimum atomic E-state index is -1.24. The van der Waals surface area contributed by atoms with Crippen LogP contribution in [0.3, 0.4) is 0 Å². The second-order valence-corrected chi connectivity index (χ2v) is 2.41. The summed E-state index contributed by atoms with van der Waals surface area (Å²) in [4.78, 5) is 15.6. The highest BCUT2D eigenvalue weighted by Gasteiger charge is 2.15. The van der Waals surface area contributed by atoms with Crippen LogP contribution >= 0.6 is 0 Å². The molecular weight excluding hydrogens is 176 g/mol. The van der Waals surface area contributed by atoms with Crippen LogP contribution in [0.5, 0.6) is 0 Å². The summed E-state index contributed by atoms with van der Waals surface area (Å²) in [5.74, 6) is -1.43. The number of hydrogen-bond acceptors (Lipinski definition) is 6. The number of likely N-dealkylation sites (N-methyl/N-ethyl adjacent to an activating group) is 1. The molecule has 0 aliphatic heterocycles. The third-order valence-corrected chi connectivity index (χ3v) is 1.40. The van der Waals surface area contributed by atoms with Gasteiger partial charge < -0.3 is 20.3 Å². The molecule has 0 saturated carbocycles. The molecule has 1 aromatic rings. The molecule has 1 heterocycles. The fourth-order valence-corrected chi connectivity index (χ4v) is 0.751. The molecule has 0 saturated heterocycles. The SMILES string of the molecule is CN(CCN)c1noc(C(=O)O)n1. The Labute approximate surface area is 74.1 Å². The standard InChI is InChI=1S/C6H10N4O3/c1-10(3-2-7)6-8-4(5(11)12)13-9-6/h2-3,7H2,1H3,(H,11,12). The van der Waals surface area contributed by atoms with Gasteiger partial charge in [-0.25, -0.2) is 4.79 Å². The van der Waals surface area contributed by atoms with Crippen molar-refractivity contribution in [2.45, 2.75) is 0 Å². The summed E-state index contributed by atoms with van der Waals surface area (Å²) >= 11 is 0. The van der Waals surface area contributed by atoms with E-state index in [1.165, 1.54) is 0 Å². The van der Waals surface area contributed by atoms with Crippen LogP contribution in [-0.4, -0.2) is 41.4 Å². The molecule has 0 radical (unpaired) electrons. The topological polar surface area (TPSA) is 105 Å². The fraction of sp³-hybridized carbons (Fsp3) is 0.500. The largest absolute Gasteiger partial charge is 0.474 e. The molecule has 3 N–H and O–H groups in total. The van der Waals surface area contributed by atoms with E-state index in [0.717, 1.165) is 0 Å². The summed E-state index contributed by atoms with van der Waals surface area (Å²) in [6.07, 6.45) is 0. The van der Waals surface area contributed by atoms with Gasteiger partial charge in [0, 0.05) is 20.1 Å². The monoisotopic (exact) mass is 186 g/mol. The molecule has 0 aliphatic rings. The van der Waals surface area contributed by atoms with E-state index in [-0.39, 0.29) is 5.95 Å². The summed E-state index contributed by atoms with van der Waals surface area (Å²) in [6.45, 7) is 0.978. The molecule has 0 fully saturated rings. The zero-order valence-corrected chi connectivity index (χ0v) is 7.10. The van der Waals surface area contributed by atoms with Crippen molar-refractivity contribution < 1.29 is 14.4 Å². The Bertz CT molecular complexity index is 298. The highest BCUT2D eigenvalue weighted by Crippen LogP contribution is 2.05. The van der Waals surface area contributed by atoms with Gasteiger partial charge in [-0.05, 0) is 5.16 Å². The molecule has 13 heavy (non-hydrogen) atoms. The van der Waals surface area contributed by atoms with Crippen molar-refractivity contribution >= 4 is 11.9 Å². The average molecular weight is 186 g/mol. The third-order valence-electron chi connectivity index (χ3n) is 1.40. The minimum absolute atomic E-state index is 0.225. The quantitative estimate of drug-likeness (QED) is 0.631. The van der Waals surface area contributed by atoms with Crippen LogP contribution in [0, 0.1) is 0 Å². The van der Waals surface area contributed by atoms with Crippen LogP contribution < -0.4 is 10.6 Å². The summed E-state index contributed by atoms with van der Waals surface area (Å²) in [6, 6.07) is 0. The number of hydrogen-bond donors (Lipinski definition) is 2. The predicted molar refractivity (Wildman–Crippen MR) is 43.6 cm³/mol. The van der Waals surface area contributed by atoms with Gasteiger partial charge in [0.15, 0.2) is 0 Å². The maximum Gasteiger partial charge on any atom is 0.394 e. The van der Waals surface area contributed by atoms with Crippen molar-refractivity contribution in [3.05, 3.63) is 5.89 Å². The lowest BCUT2D eigenvalue weighted by Crippen LogP contribution is -2.25. The van der Waals surface area contributed by atoms with Crippen molar-refractivity contribution in [2.75, 3.05) is 25.0 Å². The Morgan fingerprint density at radius 1 is 1.77 bits per heavy atom. The Kier molecular flexibility index (Phi) is 2.80. The van der Waals surface area contributed by atoms with E-state index >= 15 is 0 Å². The van der Waals surface area contributed by atoms with Crippen LogP contribution in [0.25, 0.3) is 0 Å². The van der Waals surface area contributed by atoms with E-state index in [2.05, 4.69) is 14.7 Å². The lowest BCUT2D eigenvalue weighted by atomic mass is 10.6. The van der Waals surface area contributed by atoms with E-state index in [4.69, 9.17) is 10.8 Å². The van der Waals surface area contributed by atoms with Gasteiger partial charge in [-0.15, -0.1) is 0 Å². The number of carbonyl (C=O) groups is 1. The van der Waals surface area contributed by atoms with Crippen molar-refractivity contribution in [1.82, 2.24) is 10.1 Å². The Morgan fingerprint density at radius 2 is 2.46 bits per heavy atom. The first-order valence-electron chi connectivity index (χ1n) is 3.63. The smallest absolute Gasteiger partial charge is 0.394 e. The molecule has 7 nitrogen and oxygen atoms in total. The molecule has 0 atom stereocenters. The molecule has 7 heteroatoms. The van der Waals surface area contributed by atoms with Crippen molar-refractivity contribution in [3.63, 3.8) is 0 Å². The van der Waals surface area contributed by atoms with Gasteiger partial charge >= 0.3 is 11.9 Å². The van der Waals surface area contributed by atoms with E-state index in [0.29, 0.717) is 13.1 Å². The van der Waals surface area contributed by atoms with Crippen molar-refractivity contribution in [2.24, 2.45) is 5.73 Å². The molecule has 0 aromatic carbocycles. The molecule has 0 amide bonds. The molecule has 1 aromatic heterocycles. The second kappa shape index (κ2) is 3.85. The van der Waals surface area contributed by atoms with E-state index < -0.39 is 11.9 Å². The first kappa shape index (κ1) is 9.46. The maximum atomic E-state index is 10.4. The number of carboxylic acid groups (broad SMARTS) is 1. The number of nitrogens with zero attached hydrogens (tertiary/aromatic N) is 3. The van der Waals surface area contributed by atoms with Crippen LogP contribution in [0.1, 0.15) is 10.7 Å². The Balaban J connectivity index is 2.73.